The summed E-state index contributed by atoms with van der Waals surface area (Å²) in [5, 5.41) is 0. The summed E-state index contributed by atoms with van der Waals surface area (Å²) in [6, 6.07) is 0. The maximum atomic E-state index is 5.77. The lowest BCUT2D eigenvalue weighted by molar-refractivity contribution is 0.0832. The van der Waals surface area contributed by atoms with Crippen LogP contribution >= 0.6 is 0 Å². The van der Waals surface area contributed by atoms with Crippen molar-refractivity contribution in [1.29, 1.82) is 0 Å². The maximum Gasteiger partial charge on any atom is 0.145 e. The van der Waals surface area contributed by atoms with Crippen LogP contribution in [0.5, 0.6) is 0 Å². The van der Waals surface area contributed by atoms with E-state index in [1.807, 2.05) is 18.8 Å². The molecule has 28 heavy (non-hydrogen) atoms. The molecule has 0 aromatic carbocycles. The van der Waals surface area contributed by atoms with Gasteiger partial charge in [0, 0.05) is 6.61 Å². The molecule has 0 unspecified atom stereocenters. The summed E-state index contributed by atoms with van der Waals surface area (Å²) in [6.07, 6.45) is 21.2. The van der Waals surface area contributed by atoms with Gasteiger partial charge in [0.25, 0.3) is 0 Å². The average molecular weight is 413 g/mol. The summed E-state index contributed by atoms with van der Waals surface area (Å²) >= 11 is 0. The van der Waals surface area contributed by atoms with Gasteiger partial charge in [-0.1, -0.05) is 39.0 Å². The normalized spacial score (nSPS) is 14.2. The molecule has 0 aromatic heterocycles. The molecule has 0 bridgehead atoms. The fraction of sp³-hybridized carbons (Fsp3) is 0.739. The van der Waals surface area contributed by atoms with Crippen LogP contribution < -0.4 is 0 Å². The van der Waals surface area contributed by atoms with Gasteiger partial charge in [-0.2, -0.15) is 0 Å². The molecule has 0 rings (SSSR count). The van der Waals surface area contributed by atoms with E-state index in [0.29, 0.717) is 0 Å². The molecule has 0 spiro atoms. The van der Waals surface area contributed by atoms with Crippen molar-refractivity contribution in [3.05, 3.63) is 37.0 Å². The van der Waals surface area contributed by atoms with E-state index < -0.39 is 0 Å². The molecular weight excluding hydrogens is 368 g/mol. The van der Waals surface area contributed by atoms with Gasteiger partial charge >= 0.3 is 0 Å². The van der Waals surface area contributed by atoms with Crippen molar-refractivity contribution < 1.29 is 18.6 Å². The van der Waals surface area contributed by atoms with Gasteiger partial charge in [-0.3, -0.25) is 0 Å². The predicted octanol–water partition coefficient (Wildman–Crippen LogP) is 5.43. The van der Waals surface area contributed by atoms with Crippen LogP contribution in [0.2, 0.25) is 0 Å². The molecule has 0 aliphatic carbocycles. The summed E-state index contributed by atoms with van der Waals surface area (Å²) in [5.74, 6) is 0. The number of rotatable bonds is 20. The van der Waals surface area contributed by atoms with E-state index in [2.05, 4.69) is 39.0 Å². The molecular formula is C23H44O4Si. The Morgan fingerprint density at radius 3 is 1.29 bits per heavy atom. The van der Waals surface area contributed by atoms with Gasteiger partial charge in [0.1, 0.15) is 10.5 Å². The van der Waals surface area contributed by atoms with Gasteiger partial charge in [-0.05, 0) is 63.2 Å². The number of allylic oxidation sites excluding steroid dienone is 3. The van der Waals surface area contributed by atoms with Crippen LogP contribution in [0.25, 0.3) is 0 Å². The van der Waals surface area contributed by atoms with E-state index in [0.717, 1.165) is 94.7 Å². The van der Waals surface area contributed by atoms with Crippen LogP contribution in [0.15, 0.2) is 37.0 Å². The van der Waals surface area contributed by atoms with Crippen molar-refractivity contribution in [3.63, 3.8) is 0 Å². The number of hydrogen-bond donors (Lipinski definition) is 0. The fourth-order valence-electron chi connectivity index (χ4n) is 3.19. The average Bonchev–Trinajstić information content (AvgIpc) is 2.70. The summed E-state index contributed by atoms with van der Waals surface area (Å²) in [4.78, 5) is 0. The van der Waals surface area contributed by atoms with E-state index in [-0.39, 0.29) is 5.41 Å². The quantitative estimate of drug-likeness (QED) is 0.152. The van der Waals surface area contributed by atoms with Crippen LogP contribution in [0, 0.1) is 5.41 Å². The molecule has 0 aromatic rings. The van der Waals surface area contributed by atoms with Crippen molar-refractivity contribution >= 4 is 10.5 Å². The standard InChI is InChI=1S/C23H44O4Si/c1-4-7-16-24-19-10-13-23(22-27-28,14-11-20-25-17-8-5-2)15-12-21-26-18-9-6-3/h7-9,16-18H,4-6,10-15,19-22H2,1-3,28H3. The SMILES string of the molecule is CCC=COCCCC(CCCOC=CCC)(CCCOC=CCC)CO[SiH3]. The third kappa shape index (κ3) is 15.8. The van der Waals surface area contributed by atoms with Crippen molar-refractivity contribution in [2.75, 3.05) is 26.4 Å². The lowest BCUT2D eigenvalue weighted by atomic mass is 9.76. The Kier molecular flexibility index (Phi) is 19.6. The minimum atomic E-state index is 0.190. The number of hydrogen-bond acceptors (Lipinski definition) is 4. The second-order valence-corrected chi connectivity index (χ2v) is 7.77. The molecule has 164 valence electrons. The van der Waals surface area contributed by atoms with E-state index in [9.17, 15) is 0 Å². The Hall–Kier alpha value is -1.20. The van der Waals surface area contributed by atoms with Gasteiger partial charge in [-0.25, -0.2) is 0 Å². The Morgan fingerprint density at radius 1 is 0.643 bits per heavy atom. The van der Waals surface area contributed by atoms with Crippen LogP contribution in [0.4, 0.5) is 0 Å². The van der Waals surface area contributed by atoms with Crippen LogP contribution in [-0.2, 0) is 18.6 Å². The molecule has 0 aliphatic heterocycles. The first-order valence-electron chi connectivity index (χ1n) is 11.0. The lowest BCUT2D eigenvalue weighted by Gasteiger charge is -2.34. The van der Waals surface area contributed by atoms with Crippen molar-refractivity contribution in [2.24, 2.45) is 5.41 Å². The van der Waals surface area contributed by atoms with Gasteiger partial charge in [0.05, 0.1) is 38.6 Å². The summed E-state index contributed by atoms with van der Waals surface area (Å²) in [7, 11) is 0.775. The van der Waals surface area contributed by atoms with Crippen molar-refractivity contribution in [1.82, 2.24) is 0 Å². The Morgan fingerprint density at radius 2 is 1.00 bits per heavy atom. The Balaban J connectivity index is 4.57. The minimum Gasteiger partial charge on any atom is -0.502 e. The van der Waals surface area contributed by atoms with Crippen LogP contribution in [-0.4, -0.2) is 36.9 Å². The van der Waals surface area contributed by atoms with Gasteiger partial charge < -0.3 is 18.6 Å². The second-order valence-electron chi connectivity index (χ2n) is 7.20. The highest BCUT2D eigenvalue weighted by atomic mass is 28.2. The smallest absolute Gasteiger partial charge is 0.145 e. The third-order valence-corrected chi connectivity index (χ3v) is 4.93. The zero-order valence-corrected chi connectivity index (χ0v) is 20.8. The van der Waals surface area contributed by atoms with Crippen LogP contribution in [0.3, 0.4) is 0 Å². The maximum absolute atomic E-state index is 5.77. The molecule has 0 atom stereocenters. The number of ether oxygens (including phenoxy) is 3. The molecule has 0 aliphatic rings. The lowest BCUT2D eigenvalue weighted by Crippen LogP contribution is -2.28. The molecule has 0 radical (unpaired) electrons. The molecule has 0 saturated heterocycles. The van der Waals surface area contributed by atoms with Gasteiger partial charge in [0.2, 0.25) is 0 Å². The van der Waals surface area contributed by atoms with Crippen molar-refractivity contribution in [3.8, 4) is 0 Å². The van der Waals surface area contributed by atoms with Gasteiger partial charge in [-0.15, -0.1) is 0 Å². The van der Waals surface area contributed by atoms with E-state index >= 15 is 0 Å². The minimum absolute atomic E-state index is 0.190. The Bertz CT molecular complexity index is 352. The van der Waals surface area contributed by atoms with Gasteiger partial charge in [0.15, 0.2) is 0 Å². The molecule has 5 heteroatoms. The van der Waals surface area contributed by atoms with E-state index in [1.165, 1.54) is 0 Å². The monoisotopic (exact) mass is 412 g/mol. The highest BCUT2D eigenvalue weighted by Crippen LogP contribution is 2.35. The first kappa shape index (κ1) is 26.8. The summed E-state index contributed by atoms with van der Waals surface area (Å²) in [6.45, 7) is 9.48. The largest absolute Gasteiger partial charge is 0.502 e. The van der Waals surface area contributed by atoms with E-state index in [4.69, 9.17) is 18.6 Å². The summed E-state index contributed by atoms with van der Waals surface area (Å²) in [5.41, 5.74) is 0.190. The molecule has 0 heterocycles. The molecule has 0 saturated carbocycles. The molecule has 4 nitrogen and oxygen atoms in total. The summed E-state index contributed by atoms with van der Waals surface area (Å²) < 4.78 is 22.6. The topological polar surface area (TPSA) is 36.9 Å². The second kappa shape index (κ2) is 20.5. The highest BCUT2D eigenvalue weighted by molar-refractivity contribution is 5.97. The van der Waals surface area contributed by atoms with Crippen LogP contribution in [0.1, 0.15) is 78.6 Å². The predicted molar refractivity (Wildman–Crippen MR) is 122 cm³/mol. The highest BCUT2D eigenvalue weighted by Gasteiger charge is 2.29. The molecule has 0 N–H and O–H groups in total. The third-order valence-electron chi connectivity index (χ3n) is 4.64. The fourth-order valence-corrected chi connectivity index (χ4v) is 3.80. The molecule has 0 amide bonds. The molecule has 0 fully saturated rings. The van der Waals surface area contributed by atoms with Crippen molar-refractivity contribution in [2.45, 2.75) is 78.6 Å². The van der Waals surface area contributed by atoms with E-state index in [1.54, 1.807) is 0 Å². The Labute approximate surface area is 176 Å². The zero-order chi connectivity index (χ0) is 20.8. The first-order chi connectivity index (χ1) is 13.7. The zero-order valence-electron chi connectivity index (χ0n) is 18.8. The first-order valence-corrected chi connectivity index (χ1v) is 11.8.